The lowest BCUT2D eigenvalue weighted by Gasteiger charge is -2.13. The summed E-state index contributed by atoms with van der Waals surface area (Å²) >= 11 is 7.72. The Kier molecular flexibility index (Phi) is 5.54. The van der Waals surface area contributed by atoms with Crippen molar-refractivity contribution in [2.75, 3.05) is 4.72 Å². The first kappa shape index (κ1) is 19.8. The van der Waals surface area contributed by atoms with Crippen molar-refractivity contribution >= 4 is 50.4 Å². The molecule has 0 aliphatic carbocycles. The molecule has 3 aromatic carbocycles. The number of aromatic nitrogens is 2. The van der Waals surface area contributed by atoms with E-state index in [4.69, 9.17) is 11.6 Å². The Balaban J connectivity index is 1.67. The summed E-state index contributed by atoms with van der Waals surface area (Å²) in [7, 11) is -3.86. The zero-order valence-electron chi connectivity index (χ0n) is 15.5. The number of anilines is 1. The second-order valence-electron chi connectivity index (χ2n) is 6.53. The lowest BCUT2D eigenvalue weighted by atomic mass is 10.2. The fraction of sp³-hybridized carbons (Fsp3) is 0.0952. The van der Waals surface area contributed by atoms with Crippen LogP contribution in [-0.4, -0.2) is 18.4 Å². The largest absolute Gasteiger partial charge is 0.323 e. The number of para-hydroxylation sites is 2. The molecule has 2 N–H and O–H groups in total. The van der Waals surface area contributed by atoms with E-state index in [1.165, 1.54) is 11.8 Å². The molecule has 0 bridgehead atoms. The number of aryl methyl sites for hydroxylation is 1. The Hall–Kier alpha value is -2.48. The summed E-state index contributed by atoms with van der Waals surface area (Å²) in [6.07, 6.45) is 0. The summed E-state index contributed by atoms with van der Waals surface area (Å²) in [6.45, 7) is 1.79. The van der Waals surface area contributed by atoms with E-state index in [-0.39, 0.29) is 10.8 Å². The summed E-state index contributed by atoms with van der Waals surface area (Å²) < 4.78 is 28.9. The summed E-state index contributed by atoms with van der Waals surface area (Å²) in [6, 6.07) is 20.5. The summed E-state index contributed by atoms with van der Waals surface area (Å²) in [4.78, 5) is 8.07. The average molecular weight is 444 g/mol. The zero-order valence-corrected chi connectivity index (χ0v) is 17.9. The highest BCUT2D eigenvalue weighted by atomic mass is 35.5. The average Bonchev–Trinajstić information content (AvgIpc) is 3.10. The highest BCUT2D eigenvalue weighted by molar-refractivity contribution is 7.99. The minimum absolute atomic E-state index is 0.179. The van der Waals surface area contributed by atoms with Crippen molar-refractivity contribution < 1.29 is 8.42 Å². The number of sulfonamides is 1. The van der Waals surface area contributed by atoms with Crippen LogP contribution in [0.15, 0.2) is 76.5 Å². The maximum absolute atomic E-state index is 13.1. The second kappa shape index (κ2) is 8.10. The molecule has 0 unspecified atom stereocenters. The molecule has 0 aliphatic heterocycles. The van der Waals surface area contributed by atoms with Gasteiger partial charge in [0.15, 0.2) is 0 Å². The number of hydrogen-bond donors (Lipinski definition) is 2. The van der Waals surface area contributed by atoms with Gasteiger partial charge in [0.05, 0.1) is 11.0 Å². The van der Waals surface area contributed by atoms with E-state index in [1.807, 2.05) is 54.6 Å². The fourth-order valence-corrected chi connectivity index (χ4v) is 5.65. The number of fused-ring (bicyclic) bond motifs is 1. The van der Waals surface area contributed by atoms with Crippen LogP contribution in [0.3, 0.4) is 0 Å². The molecule has 4 aromatic rings. The van der Waals surface area contributed by atoms with Gasteiger partial charge in [-0.1, -0.05) is 54.1 Å². The first-order chi connectivity index (χ1) is 13.9. The molecule has 5 nitrogen and oxygen atoms in total. The van der Waals surface area contributed by atoms with Crippen molar-refractivity contribution in [3.05, 3.63) is 82.9 Å². The van der Waals surface area contributed by atoms with Crippen LogP contribution < -0.4 is 4.72 Å². The van der Waals surface area contributed by atoms with Gasteiger partial charge in [0.25, 0.3) is 10.0 Å². The number of hydrogen-bond acceptors (Lipinski definition) is 4. The summed E-state index contributed by atoms with van der Waals surface area (Å²) in [5.41, 5.74) is 3.25. The molecule has 8 heteroatoms. The SMILES string of the molecule is Cc1cc(S(=O)(=O)Nc2nc3ccccc3[nH]2)c(SCc2ccccc2)cc1Cl. The van der Waals surface area contributed by atoms with E-state index in [2.05, 4.69) is 14.7 Å². The molecule has 0 radical (unpaired) electrons. The third-order valence-corrected chi connectivity index (χ3v) is 7.41. The third kappa shape index (κ3) is 4.42. The molecule has 4 rings (SSSR count). The normalized spacial score (nSPS) is 11.7. The molecule has 0 spiro atoms. The monoisotopic (exact) mass is 443 g/mol. The smallest absolute Gasteiger partial charge is 0.265 e. The molecule has 0 saturated carbocycles. The van der Waals surface area contributed by atoms with Crippen LogP contribution in [0.4, 0.5) is 5.95 Å². The Morgan fingerprint density at radius 2 is 1.79 bits per heavy atom. The van der Waals surface area contributed by atoms with Crippen LogP contribution in [0.1, 0.15) is 11.1 Å². The zero-order chi connectivity index (χ0) is 20.4. The van der Waals surface area contributed by atoms with Crippen LogP contribution in [0, 0.1) is 6.92 Å². The number of imidazole rings is 1. The number of benzene rings is 3. The molecule has 0 amide bonds. The number of nitrogens with one attached hydrogen (secondary N) is 2. The van der Waals surface area contributed by atoms with Gasteiger partial charge in [0, 0.05) is 15.7 Å². The van der Waals surface area contributed by atoms with Gasteiger partial charge in [-0.05, 0) is 42.3 Å². The van der Waals surface area contributed by atoms with Crippen molar-refractivity contribution in [2.24, 2.45) is 0 Å². The number of aromatic amines is 1. The van der Waals surface area contributed by atoms with Crippen LogP contribution in [0.5, 0.6) is 0 Å². The van der Waals surface area contributed by atoms with Gasteiger partial charge in [-0.3, -0.25) is 0 Å². The molecule has 1 aromatic heterocycles. The Morgan fingerprint density at radius 3 is 2.55 bits per heavy atom. The lowest BCUT2D eigenvalue weighted by Crippen LogP contribution is -2.15. The molecular weight excluding hydrogens is 426 g/mol. The Labute approximate surface area is 178 Å². The van der Waals surface area contributed by atoms with E-state index in [1.54, 1.807) is 19.1 Å². The maximum Gasteiger partial charge on any atom is 0.265 e. The van der Waals surface area contributed by atoms with E-state index in [9.17, 15) is 8.42 Å². The molecule has 1 heterocycles. The number of H-pyrrole nitrogens is 1. The first-order valence-electron chi connectivity index (χ1n) is 8.87. The van der Waals surface area contributed by atoms with E-state index >= 15 is 0 Å². The highest BCUT2D eigenvalue weighted by Gasteiger charge is 2.22. The van der Waals surface area contributed by atoms with Crippen LogP contribution in [0.2, 0.25) is 5.02 Å². The third-order valence-electron chi connectivity index (χ3n) is 4.37. The number of halogens is 1. The van der Waals surface area contributed by atoms with Gasteiger partial charge in [0.2, 0.25) is 5.95 Å². The van der Waals surface area contributed by atoms with Crippen LogP contribution in [0.25, 0.3) is 11.0 Å². The van der Waals surface area contributed by atoms with Gasteiger partial charge in [-0.15, -0.1) is 11.8 Å². The minimum atomic E-state index is -3.86. The molecule has 0 fully saturated rings. The van der Waals surface area contributed by atoms with Gasteiger partial charge in [0.1, 0.15) is 4.90 Å². The van der Waals surface area contributed by atoms with Crippen molar-refractivity contribution in [2.45, 2.75) is 22.5 Å². The van der Waals surface area contributed by atoms with Crippen molar-refractivity contribution in [3.63, 3.8) is 0 Å². The molecule has 148 valence electrons. The standard InChI is InChI=1S/C21H18ClN3O2S2/c1-14-11-20(19(12-16(14)22)28-13-15-7-3-2-4-8-15)29(26,27)25-21-23-17-9-5-6-10-18(17)24-21/h2-12H,13H2,1H3,(H2,23,24,25). The molecule has 29 heavy (non-hydrogen) atoms. The maximum atomic E-state index is 13.1. The Morgan fingerprint density at radius 1 is 1.07 bits per heavy atom. The summed E-state index contributed by atoms with van der Waals surface area (Å²) in [5, 5.41) is 0.531. The predicted octanol–water partition coefficient (Wildman–Crippen LogP) is 5.62. The lowest BCUT2D eigenvalue weighted by molar-refractivity contribution is 0.599. The Bertz CT molecular complexity index is 1240. The van der Waals surface area contributed by atoms with Crippen LogP contribution >= 0.6 is 23.4 Å². The van der Waals surface area contributed by atoms with Crippen molar-refractivity contribution in [1.82, 2.24) is 9.97 Å². The quantitative estimate of drug-likeness (QED) is 0.379. The van der Waals surface area contributed by atoms with Gasteiger partial charge >= 0.3 is 0 Å². The second-order valence-corrected chi connectivity index (χ2v) is 9.61. The molecule has 0 saturated heterocycles. The van der Waals surface area contributed by atoms with Gasteiger partial charge in [-0.2, -0.15) is 0 Å². The number of thioether (sulfide) groups is 1. The summed E-state index contributed by atoms with van der Waals surface area (Å²) in [5.74, 6) is 0.811. The molecular formula is C21H18ClN3O2S2. The van der Waals surface area contributed by atoms with Gasteiger partial charge < -0.3 is 4.98 Å². The van der Waals surface area contributed by atoms with E-state index in [0.717, 1.165) is 11.1 Å². The number of rotatable bonds is 6. The minimum Gasteiger partial charge on any atom is -0.323 e. The predicted molar refractivity (Wildman–Crippen MR) is 119 cm³/mol. The van der Waals surface area contributed by atoms with E-state index in [0.29, 0.717) is 26.8 Å². The molecule has 0 atom stereocenters. The van der Waals surface area contributed by atoms with E-state index < -0.39 is 10.0 Å². The topological polar surface area (TPSA) is 74.8 Å². The first-order valence-corrected chi connectivity index (χ1v) is 11.7. The molecule has 0 aliphatic rings. The van der Waals surface area contributed by atoms with Gasteiger partial charge in [-0.25, -0.2) is 18.1 Å². The van der Waals surface area contributed by atoms with Crippen LogP contribution in [-0.2, 0) is 15.8 Å². The fourth-order valence-electron chi connectivity index (χ4n) is 2.88. The highest BCUT2D eigenvalue weighted by Crippen LogP contribution is 2.34. The van der Waals surface area contributed by atoms with Crippen molar-refractivity contribution in [1.29, 1.82) is 0 Å². The van der Waals surface area contributed by atoms with Crippen molar-refractivity contribution in [3.8, 4) is 0 Å². The number of nitrogens with zero attached hydrogens (tertiary/aromatic N) is 1.